The number of hydrogen-bond donors (Lipinski definition) is 2. The molecule has 3 rings (SSSR count). The van der Waals surface area contributed by atoms with Crippen molar-refractivity contribution in [3.8, 4) is 0 Å². The molecular weight excluding hydrogens is 514 g/mol. The summed E-state index contributed by atoms with van der Waals surface area (Å²) in [5, 5.41) is 5.79. The summed E-state index contributed by atoms with van der Waals surface area (Å²) in [5.41, 5.74) is 3.68. The number of ether oxygens (including phenoxy) is 1. The first-order valence-corrected chi connectivity index (χ1v) is 13.8. The van der Waals surface area contributed by atoms with E-state index in [1.54, 1.807) is 26.8 Å². The molecule has 0 saturated carbocycles. The van der Waals surface area contributed by atoms with Crippen LogP contribution in [0.2, 0.25) is 0 Å². The second kappa shape index (κ2) is 14.3. The molecule has 2 unspecified atom stereocenters. The molecule has 7 heteroatoms. The Hall–Kier alpha value is -4.39. The maximum absolute atomic E-state index is 14.4. The van der Waals surface area contributed by atoms with Crippen molar-refractivity contribution >= 4 is 17.9 Å². The Morgan fingerprint density at radius 3 is 2.10 bits per heavy atom. The van der Waals surface area contributed by atoms with Gasteiger partial charge in [-0.25, -0.2) is 4.79 Å². The van der Waals surface area contributed by atoms with Crippen LogP contribution in [0.15, 0.2) is 91.5 Å². The molecule has 3 aromatic carbocycles. The third-order valence-electron chi connectivity index (χ3n) is 6.69. The van der Waals surface area contributed by atoms with Gasteiger partial charge < -0.3 is 20.3 Å². The monoisotopic (exact) mass is 555 g/mol. The van der Waals surface area contributed by atoms with E-state index in [0.717, 1.165) is 22.3 Å². The summed E-state index contributed by atoms with van der Waals surface area (Å²) >= 11 is 0. The molecule has 41 heavy (non-hydrogen) atoms. The van der Waals surface area contributed by atoms with Gasteiger partial charge in [0.1, 0.15) is 17.7 Å². The molecule has 0 aliphatic carbocycles. The van der Waals surface area contributed by atoms with Gasteiger partial charge in [0.25, 0.3) is 0 Å². The number of nitrogens with one attached hydrogen (secondary N) is 2. The smallest absolute Gasteiger partial charge is 0.408 e. The molecule has 0 heterocycles. The Kier molecular flexibility index (Phi) is 10.9. The average Bonchev–Trinajstić information content (AvgIpc) is 2.93. The highest BCUT2D eigenvalue weighted by Crippen LogP contribution is 2.28. The van der Waals surface area contributed by atoms with E-state index >= 15 is 0 Å². The first-order chi connectivity index (χ1) is 19.5. The molecule has 0 aromatic heterocycles. The van der Waals surface area contributed by atoms with Crippen LogP contribution in [0.25, 0.3) is 0 Å². The van der Waals surface area contributed by atoms with E-state index in [1.807, 2.05) is 92.7 Å². The molecule has 0 spiro atoms. The fourth-order valence-corrected chi connectivity index (χ4v) is 4.56. The van der Waals surface area contributed by atoms with Crippen molar-refractivity contribution < 1.29 is 19.1 Å². The fourth-order valence-electron chi connectivity index (χ4n) is 4.56. The fraction of sp³-hybridized carbons (Fsp3) is 0.324. The molecule has 3 amide bonds. The van der Waals surface area contributed by atoms with Gasteiger partial charge in [0.15, 0.2) is 0 Å². The van der Waals surface area contributed by atoms with Crippen molar-refractivity contribution in [2.75, 3.05) is 6.54 Å². The Morgan fingerprint density at radius 1 is 0.902 bits per heavy atom. The number of nitrogens with zero attached hydrogens (tertiary/aromatic N) is 1. The van der Waals surface area contributed by atoms with Gasteiger partial charge in [0, 0.05) is 19.5 Å². The second-order valence-corrected chi connectivity index (χ2v) is 11.1. The largest absolute Gasteiger partial charge is 0.444 e. The number of carbonyl (C=O) groups is 3. The van der Waals surface area contributed by atoms with Crippen LogP contribution in [0, 0.1) is 13.8 Å². The first-order valence-electron chi connectivity index (χ1n) is 13.8. The molecule has 2 N–H and O–H groups in total. The lowest BCUT2D eigenvalue weighted by Crippen LogP contribution is -2.54. The summed E-state index contributed by atoms with van der Waals surface area (Å²) in [7, 11) is 0. The number of hydrogen-bond acceptors (Lipinski definition) is 4. The van der Waals surface area contributed by atoms with Gasteiger partial charge in [0.2, 0.25) is 11.8 Å². The van der Waals surface area contributed by atoms with E-state index < -0.39 is 29.7 Å². The van der Waals surface area contributed by atoms with Crippen LogP contribution in [0.3, 0.4) is 0 Å². The molecule has 3 aromatic rings. The van der Waals surface area contributed by atoms with E-state index in [0.29, 0.717) is 12.1 Å². The minimum Gasteiger partial charge on any atom is -0.444 e. The number of benzene rings is 3. The number of amides is 3. The van der Waals surface area contributed by atoms with Gasteiger partial charge in [-0.15, -0.1) is 6.58 Å². The van der Waals surface area contributed by atoms with E-state index in [2.05, 4.69) is 17.2 Å². The highest BCUT2D eigenvalue weighted by molar-refractivity contribution is 5.92. The van der Waals surface area contributed by atoms with E-state index in [4.69, 9.17) is 4.74 Å². The van der Waals surface area contributed by atoms with Crippen LogP contribution < -0.4 is 10.6 Å². The van der Waals surface area contributed by atoms with E-state index in [9.17, 15) is 14.4 Å². The van der Waals surface area contributed by atoms with Crippen LogP contribution in [0.1, 0.15) is 54.6 Å². The summed E-state index contributed by atoms with van der Waals surface area (Å²) < 4.78 is 5.49. The summed E-state index contributed by atoms with van der Waals surface area (Å²) in [6.07, 6.45) is 1.10. The highest BCUT2D eigenvalue weighted by atomic mass is 16.6. The van der Waals surface area contributed by atoms with Crippen molar-refractivity contribution in [3.05, 3.63) is 119 Å². The molecule has 0 aliphatic heterocycles. The maximum Gasteiger partial charge on any atom is 0.408 e. The van der Waals surface area contributed by atoms with E-state index in [1.165, 1.54) is 4.90 Å². The van der Waals surface area contributed by atoms with Crippen molar-refractivity contribution in [1.82, 2.24) is 15.5 Å². The standard InChI is InChI=1S/C34H41N3O4/c1-7-21-37(32(39)29(22-26-16-10-8-11-17-26)36-33(40)41-34(4,5)6)30(28-20-14-15-24(2)25(28)3)31(38)35-23-27-18-12-9-13-19-27/h7-20,29-30H,1,21-23H2,2-6H3,(H,35,38)(H,36,40). The van der Waals surface area contributed by atoms with Crippen LogP contribution in [0.5, 0.6) is 0 Å². The SMILES string of the molecule is C=CCN(C(=O)C(Cc1ccccc1)NC(=O)OC(C)(C)C)C(C(=O)NCc1ccccc1)c1cccc(C)c1C. The lowest BCUT2D eigenvalue weighted by molar-refractivity contribution is -0.141. The van der Waals surface area contributed by atoms with Gasteiger partial charge in [-0.05, 0) is 62.4 Å². The zero-order chi connectivity index (χ0) is 30.0. The van der Waals surface area contributed by atoms with Crippen molar-refractivity contribution in [3.63, 3.8) is 0 Å². The van der Waals surface area contributed by atoms with Crippen LogP contribution in [0.4, 0.5) is 4.79 Å². The van der Waals surface area contributed by atoms with Crippen molar-refractivity contribution in [2.24, 2.45) is 0 Å². The van der Waals surface area contributed by atoms with Gasteiger partial charge in [-0.2, -0.15) is 0 Å². The Labute approximate surface area is 243 Å². The quantitative estimate of drug-likeness (QED) is 0.292. The maximum atomic E-state index is 14.4. The van der Waals surface area contributed by atoms with E-state index in [-0.39, 0.29) is 18.9 Å². The lowest BCUT2D eigenvalue weighted by atomic mass is 9.94. The molecule has 0 saturated heterocycles. The Bertz CT molecular complexity index is 1330. The van der Waals surface area contributed by atoms with Crippen LogP contribution in [-0.4, -0.2) is 41.0 Å². The lowest BCUT2D eigenvalue weighted by Gasteiger charge is -2.34. The molecule has 0 aliphatic rings. The Morgan fingerprint density at radius 2 is 1.51 bits per heavy atom. The predicted octanol–water partition coefficient (Wildman–Crippen LogP) is 5.81. The predicted molar refractivity (Wildman–Crippen MR) is 162 cm³/mol. The molecule has 0 radical (unpaired) electrons. The zero-order valence-electron chi connectivity index (χ0n) is 24.6. The van der Waals surface area contributed by atoms with Crippen LogP contribution in [-0.2, 0) is 27.3 Å². The molecule has 2 atom stereocenters. The highest BCUT2D eigenvalue weighted by Gasteiger charge is 2.36. The van der Waals surface area contributed by atoms with Gasteiger partial charge in [0.05, 0.1) is 0 Å². The molecule has 0 bridgehead atoms. The van der Waals surface area contributed by atoms with Gasteiger partial charge >= 0.3 is 6.09 Å². The molecular formula is C34H41N3O4. The minimum absolute atomic E-state index is 0.0942. The van der Waals surface area contributed by atoms with Gasteiger partial charge in [-0.3, -0.25) is 9.59 Å². The first kappa shape index (κ1) is 31.1. The van der Waals surface area contributed by atoms with Crippen molar-refractivity contribution in [2.45, 2.75) is 65.3 Å². The number of carbonyl (C=O) groups excluding carboxylic acids is 3. The normalized spacial score (nSPS) is 12.5. The molecule has 7 nitrogen and oxygen atoms in total. The third kappa shape index (κ3) is 9.07. The van der Waals surface area contributed by atoms with Crippen molar-refractivity contribution in [1.29, 1.82) is 0 Å². The minimum atomic E-state index is -0.985. The number of aryl methyl sites for hydroxylation is 1. The summed E-state index contributed by atoms with van der Waals surface area (Å²) in [6.45, 7) is 13.5. The molecule has 216 valence electrons. The summed E-state index contributed by atoms with van der Waals surface area (Å²) in [6, 6.07) is 22.8. The van der Waals surface area contributed by atoms with Gasteiger partial charge in [-0.1, -0.05) is 84.9 Å². The van der Waals surface area contributed by atoms with Crippen LogP contribution >= 0.6 is 0 Å². The topological polar surface area (TPSA) is 87.7 Å². The summed E-state index contributed by atoms with van der Waals surface area (Å²) in [5.74, 6) is -0.742. The zero-order valence-corrected chi connectivity index (χ0v) is 24.6. The summed E-state index contributed by atoms with van der Waals surface area (Å²) in [4.78, 5) is 42.7. The molecule has 0 fully saturated rings. The Balaban J connectivity index is 2.03. The third-order valence-corrected chi connectivity index (χ3v) is 6.69. The average molecular weight is 556 g/mol. The second-order valence-electron chi connectivity index (χ2n) is 11.1. The number of alkyl carbamates (subject to hydrolysis) is 1. The number of rotatable bonds is 11.